The van der Waals surface area contributed by atoms with Gasteiger partial charge in [0.1, 0.15) is 4.64 Å². The van der Waals surface area contributed by atoms with Crippen LogP contribution in [0.15, 0.2) is 24.4 Å². The summed E-state index contributed by atoms with van der Waals surface area (Å²) in [6.07, 6.45) is 1.72. The number of hydrogen-bond acceptors (Lipinski definition) is 4. The highest BCUT2D eigenvalue weighted by atomic mass is 35.5. The Kier molecular flexibility index (Phi) is 3.79. The zero-order valence-corrected chi connectivity index (χ0v) is 13.2. The lowest BCUT2D eigenvalue weighted by atomic mass is 10.3. The van der Waals surface area contributed by atoms with Crippen LogP contribution in [0, 0.1) is 4.64 Å². The maximum absolute atomic E-state index is 6.21. The molecule has 0 saturated carbocycles. The van der Waals surface area contributed by atoms with Gasteiger partial charge in [-0.25, -0.2) is 4.68 Å². The molecular weight excluding hydrogens is 331 g/mol. The molecule has 0 aliphatic carbocycles. The third-order valence-electron chi connectivity index (χ3n) is 2.92. The smallest absolute Gasteiger partial charge is 0.209 e. The van der Waals surface area contributed by atoms with Crippen molar-refractivity contribution in [2.75, 3.05) is 0 Å². The molecule has 3 rings (SSSR count). The zero-order valence-electron chi connectivity index (χ0n) is 10.9. The number of hydrogen-bond donors (Lipinski definition) is 1. The van der Waals surface area contributed by atoms with Gasteiger partial charge in [0.05, 0.1) is 27.8 Å². The molecule has 0 radical (unpaired) electrons. The monoisotopic (exact) mass is 340 g/mol. The highest BCUT2D eigenvalue weighted by Gasteiger charge is 2.14. The van der Waals surface area contributed by atoms with E-state index in [2.05, 4.69) is 20.5 Å². The number of H-pyrrole nitrogens is 1. The van der Waals surface area contributed by atoms with E-state index in [1.165, 1.54) is 4.80 Å². The predicted octanol–water partition coefficient (Wildman–Crippen LogP) is 3.52. The number of nitrogens with zero attached hydrogens (tertiary/aromatic N) is 5. The Balaban J connectivity index is 2.11. The first-order chi connectivity index (χ1) is 10.1. The molecule has 0 amide bonds. The number of aromatic amines is 1. The Morgan fingerprint density at radius 2 is 2.14 bits per heavy atom. The van der Waals surface area contributed by atoms with Crippen LogP contribution in [0.1, 0.15) is 6.92 Å². The molecule has 21 heavy (non-hydrogen) atoms. The minimum absolute atomic E-state index is 0.425. The Labute approximate surface area is 135 Å². The maximum atomic E-state index is 6.21. The fraction of sp³-hybridized carbons (Fsp3) is 0.167. The summed E-state index contributed by atoms with van der Waals surface area (Å²) in [5.41, 5.74) is 1.35. The topological polar surface area (TPSA) is 64.3 Å². The zero-order chi connectivity index (χ0) is 15.0. The molecule has 0 fully saturated rings. The number of aryl methyl sites for hydroxylation is 1. The second-order valence-corrected chi connectivity index (χ2v) is 5.37. The SMILES string of the molecule is CCn1nnc(-c2c[nH]n(-c3cccc(Cl)c3Cl)c2=S)n1. The standard InChI is InChI=1S/C12H10Cl2N6S/c1-2-19-17-11(16-18-19)7-6-15-20(12(7)21)9-5-3-4-8(13)10(9)14/h3-6,15H,2H2,1H3. The van der Waals surface area contributed by atoms with Gasteiger partial charge < -0.3 is 0 Å². The average Bonchev–Trinajstić information content (AvgIpc) is 3.08. The molecule has 0 aliphatic heterocycles. The fourth-order valence-electron chi connectivity index (χ4n) is 1.86. The van der Waals surface area contributed by atoms with Crippen molar-refractivity contribution in [1.29, 1.82) is 0 Å². The van der Waals surface area contributed by atoms with E-state index in [0.717, 1.165) is 0 Å². The van der Waals surface area contributed by atoms with Crippen LogP contribution >= 0.6 is 35.4 Å². The first-order valence-electron chi connectivity index (χ1n) is 6.14. The summed E-state index contributed by atoms with van der Waals surface area (Å²) in [5.74, 6) is 0.468. The van der Waals surface area contributed by atoms with Crippen LogP contribution in [0.5, 0.6) is 0 Å². The van der Waals surface area contributed by atoms with Gasteiger partial charge in [-0.15, -0.1) is 10.2 Å². The Hall–Kier alpha value is -1.70. The van der Waals surface area contributed by atoms with Crippen molar-refractivity contribution in [1.82, 2.24) is 30.0 Å². The summed E-state index contributed by atoms with van der Waals surface area (Å²) in [6.45, 7) is 2.58. The van der Waals surface area contributed by atoms with Crippen molar-refractivity contribution in [3.63, 3.8) is 0 Å². The van der Waals surface area contributed by atoms with Crippen LogP contribution in [0.25, 0.3) is 17.1 Å². The molecule has 1 aromatic carbocycles. The first-order valence-corrected chi connectivity index (χ1v) is 7.31. The number of aromatic nitrogens is 6. The summed E-state index contributed by atoms with van der Waals surface area (Å²) in [6, 6.07) is 5.34. The van der Waals surface area contributed by atoms with E-state index in [1.54, 1.807) is 23.0 Å². The van der Waals surface area contributed by atoms with Gasteiger partial charge in [0.25, 0.3) is 0 Å². The molecule has 9 heteroatoms. The van der Waals surface area contributed by atoms with Gasteiger partial charge >= 0.3 is 0 Å². The third-order valence-corrected chi connectivity index (χ3v) is 4.13. The van der Waals surface area contributed by atoms with Crippen molar-refractivity contribution in [2.45, 2.75) is 13.5 Å². The van der Waals surface area contributed by atoms with E-state index in [0.29, 0.717) is 38.3 Å². The average molecular weight is 341 g/mol. The second kappa shape index (κ2) is 5.59. The molecule has 2 aromatic heterocycles. The van der Waals surface area contributed by atoms with Crippen LogP contribution in [0.4, 0.5) is 0 Å². The van der Waals surface area contributed by atoms with Gasteiger partial charge in [-0.3, -0.25) is 5.10 Å². The van der Waals surface area contributed by atoms with Crippen molar-refractivity contribution in [2.24, 2.45) is 0 Å². The molecule has 3 aromatic rings. The number of tetrazole rings is 1. The molecule has 108 valence electrons. The summed E-state index contributed by atoms with van der Waals surface area (Å²) in [7, 11) is 0. The quantitative estimate of drug-likeness (QED) is 0.741. The Morgan fingerprint density at radius 3 is 2.86 bits per heavy atom. The summed E-state index contributed by atoms with van der Waals surface area (Å²) in [4.78, 5) is 1.49. The van der Waals surface area contributed by atoms with E-state index in [9.17, 15) is 0 Å². The molecule has 2 heterocycles. The normalized spacial score (nSPS) is 11.0. The highest BCUT2D eigenvalue weighted by Crippen LogP contribution is 2.29. The van der Waals surface area contributed by atoms with E-state index in [1.807, 2.05) is 13.0 Å². The molecule has 6 nitrogen and oxygen atoms in total. The first kappa shape index (κ1) is 14.2. The molecular formula is C12H10Cl2N6S. The third kappa shape index (κ3) is 2.48. The van der Waals surface area contributed by atoms with E-state index in [-0.39, 0.29) is 0 Å². The molecule has 1 N–H and O–H groups in total. The van der Waals surface area contributed by atoms with Gasteiger partial charge in [0.15, 0.2) is 0 Å². The molecule has 0 spiro atoms. The number of benzene rings is 1. The van der Waals surface area contributed by atoms with Crippen LogP contribution in [0.2, 0.25) is 10.0 Å². The van der Waals surface area contributed by atoms with Crippen LogP contribution < -0.4 is 0 Å². The van der Waals surface area contributed by atoms with Crippen molar-refractivity contribution in [3.8, 4) is 17.1 Å². The van der Waals surface area contributed by atoms with E-state index >= 15 is 0 Å². The van der Waals surface area contributed by atoms with Crippen molar-refractivity contribution >= 4 is 35.4 Å². The van der Waals surface area contributed by atoms with Gasteiger partial charge in [-0.2, -0.15) is 4.80 Å². The van der Waals surface area contributed by atoms with Crippen molar-refractivity contribution in [3.05, 3.63) is 39.1 Å². The predicted molar refractivity (Wildman–Crippen MR) is 83.5 cm³/mol. The van der Waals surface area contributed by atoms with Gasteiger partial charge in [-0.1, -0.05) is 41.5 Å². The molecule has 0 bridgehead atoms. The van der Waals surface area contributed by atoms with Crippen LogP contribution in [0.3, 0.4) is 0 Å². The Morgan fingerprint density at radius 1 is 1.33 bits per heavy atom. The number of nitrogens with one attached hydrogen (secondary N) is 1. The van der Waals surface area contributed by atoms with Gasteiger partial charge in [0, 0.05) is 6.20 Å². The second-order valence-electron chi connectivity index (χ2n) is 4.20. The Bertz CT molecular complexity index is 850. The van der Waals surface area contributed by atoms with Crippen molar-refractivity contribution < 1.29 is 0 Å². The largest absolute Gasteiger partial charge is 0.299 e. The molecule has 0 aliphatic rings. The lowest BCUT2D eigenvalue weighted by Gasteiger charge is -2.06. The minimum atomic E-state index is 0.425. The van der Waals surface area contributed by atoms with Crippen LogP contribution in [-0.4, -0.2) is 30.0 Å². The lowest BCUT2D eigenvalue weighted by Crippen LogP contribution is -1.98. The van der Waals surface area contributed by atoms with Crippen LogP contribution in [-0.2, 0) is 6.54 Å². The fourth-order valence-corrected chi connectivity index (χ4v) is 2.54. The summed E-state index contributed by atoms with van der Waals surface area (Å²) in [5, 5.41) is 16.1. The molecule has 0 atom stereocenters. The number of halogens is 2. The maximum Gasteiger partial charge on any atom is 0.209 e. The van der Waals surface area contributed by atoms with E-state index < -0.39 is 0 Å². The minimum Gasteiger partial charge on any atom is -0.299 e. The number of rotatable bonds is 3. The summed E-state index contributed by atoms with van der Waals surface area (Å²) < 4.78 is 2.17. The molecule has 0 unspecified atom stereocenters. The summed E-state index contributed by atoms with van der Waals surface area (Å²) >= 11 is 17.7. The lowest BCUT2D eigenvalue weighted by molar-refractivity contribution is 0.553. The van der Waals surface area contributed by atoms with Gasteiger partial charge in [0.2, 0.25) is 5.82 Å². The highest BCUT2D eigenvalue weighted by molar-refractivity contribution is 7.71. The molecule has 0 saturated heterocycles. The van der Waals surface area contributed by atoms with E-state index in [4.69, 9.17) is 35.4 Å². The van der Waals surface area contributed by atoms with Gasteiger partial charge in [-0.05, 0) is 24.3 Å².